The standard InChI is InChI=1S/C23H23N7O2/c1-15(31)30-12-8-16(9-13-30)21-22(25-11-10-24-21)32-17-6-7-20(26-14-17)29-23-27-18-4-2-3-5-19(18)28-23/h2-7,10-11,14,16H,8-9,12-13H2,1H3,(H2,26,27,28,29). The molecule has 1 saturated heterocycles. The largest absolute Gasteiger partial charge is 0.436 e. The first-order valence-corrected chi connectivity index (χ1v) is 10.6. The second-order valence-corrected chi connectivity index (χ2v) is 7.74. The molecule has 1 aromatic carbocycles. The minimum atomic E-state index is 0.112. The Kier molecular flexibility index (Phi) is 5.37. The highest BCUT2D eigenvalue weighted by Gasteiger charge is 2.26. The van der Waals surface area contributed by atoms with Crippen LogP contribution < -0.4 is 10.1 Å². The number of anilines is 2. The van der Waals surface area contributed by atoms with E-state index in [0.29, 0.717) is 23.4 Å². The molecule has 32 heavy (non-hydrogen) atoms. The summed E-state index contributed by atoms with van der Waals surface area (Å²) in [7, 11) is 0. The number of benzene rings is 1. The summed E-state index contributed by atoms with van der Waals surface area (Å²) in [4.78, 5) is 34.5. The number of fused-ring (bicyclic) bond motifs is 1. The van der Waals surface area contributed by atoms with Crippen LogP contribution >= 0.6 is 0 Å². The molecular weight excluding hydrogens is 406 g/mol. The van der Waals surface area contributed by atoms with Gasteiger partial charge in [0, 0.05) is 38.3 Å². The van der Waals surface area contributed by atoms with Crippen molar-refractivity contribution in [2.24, 2.45) is 0 Å². The zero-order valence-electron chi connectivity index (χ0n) is 17.7. The predicted molar refractivity (Wildman–Crippen MR) is 120 cm³/mol. The molecule has 1 aliphatic rings. The molecule has 5 rings (SSSR count). The number of nitrogens with one attached hydrogen (secondary N) is 2. The number of rotatable bonds is 5. The highest BCUT2D eigenvalue weighted by Crippen LogP contribution is 2.33. The molecule has 0 atom stereocenters. The van der Waals surface area contributed by atoms with Crippen molar-refractivity contribution in [3.63, 3.8) is 0 Å². The fourth-order valence-corrected chi connectivity index (χ4v) is 3.92. The molecule has 0 saturated carbocycles. The molecule has 9 nitrogen and oxygen atoms in total. The van der Waals surface area contributed by atoms with Crippen LogP contribution in [0, 0.1) is 0 Å². The van der Waals surface area contributed by atoms with E-state index in [4.69, 9.17) is 4.74 Å². The highest BCUT2D eigenvalue weighted by atomic mass is 16.5. The molecule has 0 bridgehead atoms. The molecule has 4 heterocycles. The van der Waals surface area contributed by atoms with E-state index in [-0.39, 0.29) is 11.8 Å². The lowest BCUT2D eigenvalue weighted by Crippen LogP contribution is -2.36. The third-order valence-electron chi connectivity index (χ3n) is 5.60. The van der Waals surface area contributed by atoms with Crippen molar-refractivity contribution in [2.45, 2.75) is 25.7 Å². The Hall–Kier alpha value is -4.01. The highest BCUT2D eigenvalue weighted by molar-refractivity contribution is 5.78. The molecule has 1 amide bonds. The van der Waals surface area contributed by atoms with Crippen molar-refractivity contribution in [1.29, 1.82) is 0 Å². The lowest BCUT2D eigenvalue weighted by Gasteiger charge is -2.31. The Bertz CT molecular complexity index is 1200. The second-order valence-electron chi connectivity index (χ2n) is 7.74. The van der Waals surface area contributed by atoms with Crippen molar-refractivity contribution in [2.75, 3.05) is 18.4 Å². The van der Waals surface area contributed by atoms with Gasteiger partial charge in [0.2, 0.25) is 17.7 Å². The van der Waals surface area contributed by atoms with Gasteiger partial charge in [0.1, 0.15) is 17.3 Å². The summed E-state index contributed by atoms with van der Waals surface area (Å²) in [5, 5.41) is 3.17. The third kappa shape index (κ3) is 4.22. The molecule has 0 spiro atoms. The van der Waals surface area contributed by atoms with Crippen molar-refractivity contribution in [3.05, 3.63) is 60.7 Å². The van der Waals surface area contributed by atoms with E-state index < -0.39 is 0 Å². The molecule has 4 aromatic rings. The average molecular weight is 429 g/mol. The number of imidazole rings is 1. The van der Waals surface area contributed by atoms with Gasteiger partial charge in [0.05, 0.1) is 17.2 Å². The number of para-hydroxylation sites is 2. The molecular formula is C23H23N7O2. The fourth-order valence-electron chi connectivity index (χ4n) is 3.92. The summed E-state index contributed by atoms with van der Waals surface area (Å²) in [5.41, 5.74) is 2.67. The normalized spacial score (nSPS) is 14.5. The lowest BCUT2D eigenvalue weighted by molar-refractivity contribution is -0.129. The smallest absolute Gasteiger partial charge is 0.241 e. The SMILES string of the molecule is CC(=O)N1CCC(c2nccnc2Oc2ccc(Nc3nc4ccccc4[nH]3)nc2)CC1. The fraction of sp³-hybridized carbons (Fsp3) is 0.261. The van der Waals surface area contributed by atoms with Gasteiger partial charge in [-0.3, -0.25) is 9.78 Å². The van der Waals surface area contributed by atoms with Gasteiger partial charge in [-0.2, -0.15) is 0 Å². The van der Waals surface area contributed by atoms with Gasteiger partial charge in [0.15, 0.2) is 0 Å². The van der Waals surface area contributed by atoms with E-state index in [1.807, 2.05) is 41.3 Å². The van der Waals surface area contributed by atoms with Crippen LogP contribution in [0.25, 0.3) is 11.0 Å². The number of piperidine rings is 1. The Morgan fingerprint density at radius 1 is 1.09 bits per heavy atom. The number of aromatic nitrogens is 5. The molecule has 2 N–H and O–H groups in total. The van der Waals surface area contributed by atoms with Gasteiger partial charge in [-0.25, -0.2) is 15.0 Å². The third-order valence-corrected chi connectivity index (χ3v) is 5.60. The Morgan fingerprint density at radius 3 is 2.66 bits per heavy atom. The van der Waals surface area contributed by atoms with Crippen LogP contribution in [-0.2, 0) is 4.79 Å². The molecule has 162 valence electrons. The maximum Gasteiger partial charge on any atom is 0.241 e. The van der Waals surface area contributed by atoms with Crippen LogP contribution in [0.15, 0.2) is 55.0 Å². The number of likely N-dealkylation sites (tertiary alicyclic amines) is 1. The molecule has 0 aliphatic carbocycles. The van der Waals surface area contributed by atoms with Crippen molar-refractivity contribution in [3.8, 4) is 11.6 Å². The zero-order chi connectivity index (χ0) is 21.9. The number of ether oxygens (including phenoxy) is 1. The minimum Gasteiger partial charge on any atom is -0.436 e. The summed E-state index contributed by atoms with van der Waals surface area (Å²) in [6.45, 7) is 3.05. The maximum absolute atomic E-state index is 11.6. The number of nitrogens with zero attached hydrogens (tertiary/aromatic N) is 5. The monoisotopic (exact) mass is 429 g/mol. The molecule has 9 heteroatoms. The first-order chi connectivity index (χ1) is 15.7. The summed E-state index contributed by atoms with van der Waals surface area (Å²) < 4.78 is 6.02. The summed E-state index contributed by atoms with van der Waals surface area (Å²) in [6, 6.07) is 11.5. The van der Waals surface area contributed by atoms with Gasteiger partial charge >= 0.3 is 0 Å². The topological polar surface area (TPSA) is 109 Å². The van der Waals surface area contributed by atoms with E-state index in [1.54, 1.807) is 25.5 Å². The van der Waals surface area contributed by atoms with Crippen LogP contribution in [-0.4, -0.2) is 48.8 Å². The lowest BCUT2D eigenvalue weighted by atomic mass is 9.93. The molecule has 0 unspecified atom stereocenters. The molecule has 3 aromatic heterocycles. The van der Waals surface area contributed by atoms with Gasteiger partial charge in [0.25, 0.3) is 0 Å². The van der Waals surface area contributed by atoms with Crippen LogP contribution in [0.5, 0.6) is 11.6 Å². The van der Waals surface area contributed by atoms with Crippen molar-refractivity contribution < 1.29 is 9.53 Å². The van der Waals surface area contributed by atoms with Crippen LogP contribution in [0.3, 0.4) is 0 Å². The first-order valence-electron chi connectivity index (χ1n) is 10.6. The van der Waals surface area contributed by atoms with Crippen LogP contribution in [0.1, 0.15) is 31.4 Å². The van der Waals surface area contributed by atoms with E-state index in [1.165, 1.54) is 0 Å². The molecule has 1 aliphatic heterocycles. The number of amides is 1. The Morgan fingerprint density at radius 2 is 1.91 bits per heavy atom. The number of carbonyl (C=O) groups excluding carboxylic acids is 1. The number of aromatic amines is 1. The minimum absolute atomic E-state index is 0.112. The summed E-state index contributed by atoms with van der Waals surface area (Å²) in [6.07, 6.45) is 6.62. The molecule has 0 radical (unpaired) electrons. The van der Waals surface area contributed by atoms with Crippen LogP contribution in [0.4, 0.5) is 11.8 Å². The number of hydrogen-bond donors (Lipinski definition) is 2. The number of pyridine rings is 1. The van der Waals surface area contributed by atoms with Gasteiger partial charge < -0.3 is 19.9 Å². The van der Waals surface area contributed by atoms with E-state index in [2.05, 4.69) is 30.2 Å². The van der Waals surface area contributed by atoms with E-state index >= 15 is 0 Å². The number of H-pyrrole nitrogens is 1. The Labute approximate surface area is 184 Å². The summed E-state index contributed by atoms with van der Waals surface area (Å²) >= 11 is 0. The van der Waals surface area contributed by atoms with Crippen LogP contribution in [0.2, 0.25) is 0 Å². The Balaban J connectivity index is 1.27. The van der Waals surface area contributed by atoms with Crippen molar-refractivity contribution >= 4 is 28.7 Å². The quantitative estimate of drug-likeness (QED) is 0.493. The second kappa shape index (κ2) is 8.62. The van der Waals surface area contributed by atoms with Gasteiger partial charge in [-0.1, -0.05) is 12.1 Å². The number of carbonyl (C=O) groups is 1. The average Bonchev–Trinajstić information content (AvgIpc) is 3.23. The first kappa shape index (κ1) is 19.9. The van der Waals surface area contributed by atoms with E-state index in [9.17, 15) is 4.79 Å². The zero-order valence-corrected chi connectivity index (χ0v) is 17.7. The number of hydrogen-bond acceptors (Lipinski definition) is 7. The van der Waals surface area contributed by atoms with Gasteiger partial charge in [-0.15, -0.1) is 0 Å². The maximum atomic E-state index is 11.6. The van der Waals surface area contributed by atoms with Gasteiger partial charge in [-0.05, 0) is 37.1 Å². The predicted octanol–water partition coefficient (Wildman–Crippen LogP) is 4.01. The van der Waals surface area contributed by atoms with Crippen molar-refractivity contribution in [1.82, 2.24) is 29.8 Å². The van der Waals surface area contributed by atoms with E-state index in [0.717, 1.165) is 42.7 Å². The molecule has 1 fully saturated rings. The summed E-state index contributed by atoms with van der Waals surface area (Å²) in [5.74, 6) is 2.64.